The van der Waals surface area contributed by atoms with E-state index in [9.17, 15) is 4.79 Å². The number of benzene rings is 4. The van der Waals surface area contributed by atoms with Crippen LogP contribution in [0, 0.1) is 0 Å². The van der Waals surface area contributed by atoms with Gasteiger partial charge >= 0.3 is 0 Å². The third-order valence-electron chi connectivity index (χ3n) is 5.41. The molecule has 0 heterocycles. The van der Waals surface area contributed by atoms with Gasteiger partial charge in [-0.1, -0.05) is 88.7 Å². The number of carbonyl (C=O) groups excluding carboxylic acids is 1. The van der Waals surface area contributed by atoms with Crippen LogP contribution in [0.3, 0.4) is 0 Å². The first-order valence-electron chi connectivity index (χ1n) is 11.1. The third kappa shape index (κ3) is 6.58. The van der Waals surface area contributed by atoms with Crippen molar-refractivity contribution in [3.8, 4) is 11.5 Å². The van der Waals surface area contributed by atoms with Gasteiger partial charge in [0.05, 0.1) is 19.2 Å². The summed E-state index contributed by atoms with van der Waals surface area (Å²) in [6.45, 7) is 0.424. The minimum Gasteiger partial charge on any atom is -0.493 e. The van der Waals surface area contributed by atoms with Gasteiger partial charge in [-0.05, 0) is 52.6 Å². The van der Waals surface area contributed by atoms with E-state index < -0.39 is 5.92 Å². The number of nitrogens with one attached hydrogen (secondary N) is 1. The van der Waals surface area contributed by atoms with Crippen LogP contribution in [0.1, 0.15) is 28.2 Å². The number of hydrogen-bond acceptors (Lipinski definition) is 4. The molecule has 0 aromatic heterocycles. The molecule has 4 aromatic rings. The Kier molecular flexibility index (Phi) is 8.30. The number of nitrogens with zero attached hydrogens (tertiary/aromatic N) is 1. The number of methoxy groups -OCH3 is 1. The van der Waals surface area contributed by atoms with Gasteiger partial charge in [-0.3, -0.25) is 4.79 Å². The van der Waals surface area contributed by atoms with Crippen molar-refractivity contribution in [1.29, 1.82) is 0 Å². The second-order valence-corrected chi connectivity index (χ2v) is 8.73. The molecule has 0 aliphatic carbocycles. The van der Waals surface area contributed by atoms with E-state index in [4.69, 9.17) is 9.47 Å². The van der Waals surface area contributed by atoms with E-state index in [1.54, 1.807) is 13.3 Å². The topological polar surface area (TPSA) is 59.9 Å². The van der Waals surface area contributed by atoms with Gasteiger partial charge in [0.1, 0.15) is 6.61 Å². The summed E-state index contributed by atoms with van der Waals surface area (Å²) in [5, 5.41) is 4.19. The predicted molar refractivity (Wildman–Crippen MR) is 142 cm³/mol. The molecule has 6 heteroatoms. The van der Waals surface area contributed by atoms with Crippen LogP contribution in [-0.4, -0.2) is 19.2 Å². The van der Waals surface area contributed by atoms with Crippen molar-refractivity contribution in [2.24, 2.45) is 5.10 Å². The second-order valence-electron chi connectivity index (χ2n) is 7.81. The molecule has 4 rings (SSSR count). The van der Waals surface area contributed by atoms with E-state index >= 15 is 0 Å². The zero-order valence-electron chi connectivity index (χ0n) is 19.2. The molecule has 0 atom stereocenters. The highest BCUT2D eigenvalue weighted by molar-refractivity contribution is 9.10. The number of amides is 1. The first-order chi connectivity index (χ1) is 17.1. The summed E-state index contributed by atoms with van der Waals surface area (Å²) in [7, 11) is 1.59. The van der Waals surface area contributed by atoms with Gasteiger partial charge in [-0.15, -0.1) is 0 Å². The van der Waals surface area contributed by atoms with Crippen LogP contribution in [0.15, 0.2) is 113 Å². The van der Waals surface area contributed by atoms with E-state index in [1.165, 1.54) is 0 Å². The molecular formula is C29H25BrN2O3. The SMILES string of the molecule is COc1cc(/C=N/NC(=O)C(c2ccccc2)c2ccccc2)ccc1OCc1ccc(Br)cc1. The highest BCUT2D eigenvalue weighted by Crippen LogP contribution is 2.29. The average Bonchev–Trinajstić information content (AvgIpc) is 2.90. The van der Waals surface area contributed by atoms with Crippen molar-refractivity contribution in [1.82, 2.24) is 5.43 Å². The van der Waals surface area contributed by atoms with Crippen molar-refractivity contribution in [2.75, 3.05) is 7.11 Å². The average molecular weight is 529 g/mol. The molecular weight excluding hydrogens is 504 g/mol. The summed E-state index contributed by atoms with van der Waals surface area (Å²) in [6, 6.07) is 32.8. The summed E-state index contributed by atoms with van der Waals surface area (Å²) in [6.07, 6.45) is 1.59. The summed E-state index contributed by atoms with van der Waals surface area (Å²) in [4.78, 5) is 13.1. The smallest absolute Gasteiger partial charge is 0.252 e. The minimum atomic E-state index is -0.460. The fraction of sp³-hybridized carbons (Fsp3) is 0.103. The Morgan fingerprint density at radius 1 is 0.886 bits per heavy atom. The fourth-order valence-corrected chi connectivity index (χ4v) is 3.91. The van der Waals surface area contributed by atoms with Gasteiger partial charge in [0.2, 0.25) is 0 Å². The van der Waals surface area contributed by atoms with Gasteiger partial charge < -0.3 is 9.47 Å². The third-order valence-corrected chi connectivity index (χ3v) is 5.94. The molecule has 0 aliphatic heterocycles. The lowest BCUT2D eigenvalue weighted by Crippen LogP contribution is -2.26. The minimum absolute atomic E-state index is 0.208. The van der Waals surface area contributed by atoms with E-state index in [1.807, 2.05) is 103 Å². The van der Waals surface area contributed by atoms with E-state index in [2.05, 4.69) is 26.5 Å². The molecule has 0 unspecified atom stereocenters. The van der Waals surface area contributed by atoms with Crippen LogP contribution < -0.4 is 14.9 Å². The molecule has 0 fully saturated rings. The monoisotopic (exact) mass is 528 g/mol. The largest absolute Gasteiger partial charge is 0.493 e. The summed E-state index contributed by atoms with van der Waals surface area (Å²) in [5.74, 6) is 0.548. The second kappa shape index (κ2) is 12.0. The Morgan fingerprint density at radius 2 is 1.51 bits per heavy atom. The van der Waals surface area contributed by atoms with Crippen LogP contribution in [0.2, 0.25) is 0 Å². The van der Waals surface area contributed by atoms with Crippen LogP contribution in [-0.2, 0) is 11.4 Å². The number of rotatable bonds is 9. The maximum atomic E-state index is 13.1. The molecule has 0 saturated heterocycles. The normalized spacial score (nSPS) is 10.9. The van der Waals surface area contributed by atoms with Gasteiger partial charge in [0, 0.05) is 4.47 Å². The van der Waals surface area contributed by atoms with E-state index in [0.717, 1.165) is 26.7 Å². The van der Waals surface area contributed by atoms with Crippen molar-refractivity contribution in [3.05, 3.63) is 130 Å². The molecule has 0 bridgehead atoms. The van der Waals surface area contributed by atoms with Crippen molar-refractivity contribution >= 4 is 28.1 Å². The van der Waals surface area contributed by atoms with Crippen LogP contribution in [0.5, 0.6) is 11.5 Å². The molecule has 1 N–H and O–H groups in total. The van der Waals surface area contributed by atoms with E-state index in [-0.39, 0.29) is 5.91 Å². The lowest BCUT2D eigenvalue weighted by molar-refractivity contribution is -0.121. The summed E-state index contributed by atoms with van der Waals surface area (Å²) >= 11 is 3.43. The summed E-state index contributed by atoms with van der Waals surface area (Å²) in [5.41, 5.74) is 6.32. The van der Waals surface area contributed by atoms with Crippen molar-refractivity contribution in [2.45, 2.75) is 12.5 Å². The maximum Gasteiger partial charge on any atom is 0.252 e. The Bertz CT molecular complexity index is 1240. The number of ether oxygens (including phenoxy) is 2. The molecule has 0 saturated carbocycles. The Hall–Kier alpha value is -3.90. The number of hydrogen-bond donors (Lipinski definition) is 1. The quantitative estimate of drug-likeness (QED) is 0.204. The highest BCUT2D eigenvalue weighted by Gasteiger charge is 2.22. The Labute approximate surface area is 213 Å². The first-order valence-corrected chi connectivity index (χ1v) is 11.9. The highest BCUT2D eigenvalue weighted by atomic mass is 79.9. The van der Waals surface area contributed by atoms with Gasteiger partial charge in [0.15, 0.2) is 11.5 Å². The standard InChI is InChI=1S/C29H25BrN2O3/c1-34-27-18-22(14-17-26(27)35-20-21-12-15-25(30)16-13-21)19-31-32-29(33)28(23-8-4-2-5-9-23)24-10-6-3-7-11-24/h2-19,28H,20H2,1H3,(H,32,33)/b31-19+. The van der Waals surface area contributed by atoms with Crippen molar-refractivity contribution in [3.63, 3.8) is 0 Å². The maximum absolute atomic E-state index is 13.1. The number of halogens is 1. The molecule has 0 aliphatic rings. The Morgan fingerprint density at radius 3 is 2.11 bits per heavy atom. The Balaban J connectivity index is 1.44. The van der Waals surface area contributed by atoms with Crippen LogP contribution in [0.4, 0.5) is 0 Å². The van der Waals surface area contributed by atoms with Gasteiger partial charge in [0.25, 0.3) is 5.91 Å². The summed E-state index contributed by atoms with van der Waals surface area (Å²) < 4.78 is 12.4. The predicted octanol–water partition coefficient (Wildman–Crippen LogP) is 6.32. The zero-order valence-corrected chi connectivity index (χ0v) is 20.8. The molecule has 0 radical (unpaired) electrons. The molecule has 1 amide bonds. The van der Waals surface area contributed by atoms with Crippen molar-refractivity contribution < 1.29 is 14.3 Å². The number of hydrazone groups is 1. The lowest BCUT2D eigenvalue weighted by Gasteiger charge is -2.16. The molecule has 176 valence electrons. The van der Waals surface area contributed by atoms with E-state index in [0.29, 0.717) is 18.1 Å². The van der Waals surface area contributed by atoms with Crippen LogP contribution >= 0.6 is 15.9 Å². The fourth-order valence-electron chi connectivity index (χ4n) is 3.65. The molecule has 5 nitrogen and oxygen atoms in total. The first kappa shape index (κ1) is 24.2. The molecule has 0 spiro atoms. The van der Waals surface area contributed by atoms with Gasteiger partial charge in [-0.2, -0.15) is 5.10 Å². The molecule has 35 heavy (non-hydrogen) atoms. The van der Waals surface area contributed by atoms with Gasteiger partial charge in [-0.25, -0.2) is 5.43 Å². The zero-order chi connectivity index (χ0) is 24.5. The lowest BCUT2D eigenvalue weighted by atomic mass is 9.91. The molecule has 4 aromatic carbocycles. The van der Waals surface area contributed by atoms with Crippen LogP contribution in [0.25, 0.3) is 0 Å². The number of carbonyl (C=O) groups is 1.